The summed E-state index contributed by atoms with van der Waals surface area (Å²) in [5.74, 6) is 1.97. The molecule has 94 valence electrons. The van der Waals surface area contributed by atoms with E-state index in [9.17, 15) is 0 Å². The zero-order valence-electron chi connectivity index (χ0n) is 11.0. The zero-order valence-corrected chi connectivity index (χ0v) is 11.0. The van der Waals surface area contributed by atoms with E-state index >= 15 is 0 Å². The maximum atomic E-state index is 3.66. The van der Waals surface area contributed by atoms with E-state index in [0.29, 0.717) is 0 Å². The first-order chi connectivity index (χ1) is 7.79. The highest BCUT2D eigenvalue weighted by molar-refractivity contribution is 4.84. The van der Waals surface area contributed by atoms with Crippen LogP contribution in [0.15, 0.2) is 0 Å². The van der Waals surface area contributed by atoms with Crippen molar-refractivity contribution in [3.63, 3.8) is 0 Å². The quantitative estimate of drug-likeness (QED) is 0.772. The molecular weight excluding hydrogens is 196 g/mol. The Morgan fingerprint density at radius 3 is 2.81 bits per heavy atom. The molecule has 0 amide bonds. The molecule has 2 nitrogen and oxygen atoms in total. The normalized spacial score (nSPS) is 36.0. The zero-order chi connectivity index (χ0) is 11.4. The lowest BCUT2D eigenvalue weighted by molar-refractivity contribution is 0.244. The molecule has 0 radical (unpaired) electrons. The van der Waals surface area contributed by atoms with Crippen LogP contribution >= 0.6 is 0 Å². The van der Waals surface area contributed by atoms with Gasteiger partial charge in [-0.05, 0) is 44.2 Å². The summed E-state index contributed by atoms with van der Waals surface area (Å²) in [5, 5.41) is 3.66. The third kappa shape index (κ3) is 3.21. The van der Waals surface area contributed by atoms with Gasteiger partial charge in [-0.3, -0.25) is 0 Å². The van der Waals surface area contributed by atoms with Crippen LogP contribution < -0.4 is 5.32 Å². The molecule has 1 aliphatic heterocycles. The molecular formula is C14H28N2. The predicted octanol–water partition coefficient (Wildman–Crippen LogP) is 2.50. The molecule has 3 atom stereocenters. The Hall–Kier alpha value is -0.0800. The Kier molecular flexibility index (Phi) is 4.66. The second kappa shape index (κ2) is 6.02. The summed E-state index contributed by atoms with van der Waals surface area (Å²) in [4.78, 5) is 2.69. The van der Waals surface area contributed by atoms with E-state index in [0.717, 1.165) is 17.9 Å². The van der Waals surface area contributed by atoms with Crippen LogP contribution in [0.3, 0.4) is 0 Å². The van der Waals surface area contributed by atoms with Crippen molar-refractivity contribution in [3.05, 3.63) is 0 Å². The number of rotatable bonds is 5. The number of hydrogen-bond donors (Lipinski definition) is 1. The van der Waals surface area contributed by atoms with Gasteiger partial charge in [0.25, 0.3) is 0 Å². The van der Waals surface area contributed by atoms with E-state index in [1.807, 2.05) is 0 Å². The molecule has 2 rings (SSSR count). The highest BCUT2D eigenvalue weighted by atomic mass is 15.2. The van der Waals surface area contributed by atoms with Crippen molar-refractivity contribution >= 4 is 0 Å². The molecule has 0 aromatic rings. The van der Waals surface area contributed by atoms with Crippen LogP contribution in [-0.4, -0.2) is 37.1 Å². The molecule has 16 heavy (non-hydrogen) atoms. The van der Waals surface area contributed by atoms with Gasteiger partial charge in [-0.1, -0.05) is 26.7 Å². The second-order valence-corrected chi connectivity index (χ2v) is 5.87. The molecule has 2 aliphatic rings. The molecule has 0 bridgehead atoms. The summed E-state index contributed by atoms with van der Waals surface area (Å²) >= 11 is 0. The Bertz CT molecular complexity index is 205. The van der Waals surface area contributed by atoms with Crippen LogP contribution in [0.4, 0.5) is 0 Å². The van der Waals surface area contributed by atoms with Gasteiger partial charge in [-0.25, -0.2) is 0 Å². The lowest BCUT2D eigenvalue weighted by atomic mass is 9.98. The van der Waals surface area contributed by atoms with Crippen molar-refractivity contribution in [2.24, 2.45) is 11.8 Å². The van der Waals surface area contributed by atoms with Crippen LogP contribution in [0.2, 0.25) is 0 Å². The average molecular weight is 224 g/mol. The molecule has 0 spiro atoms. The Morgan fingerprint density at radius 2 is 2.12 bits per heavy atom. The topological polar surface area (TPSA) is 15.3 Å². The van der Waals surface area contributed by atoms with Gasteiger partial charge in [0.2, 0.25) is 0 Å². The third-order valence-electron chi connectivity index (χ3n) is 4.49. The van der Waals surface area contributed by atoms with E-state index in [4.69, 9.17) is 0 Å². The Labute approximate surface area is 101 Å². The van der Waals surface area contributed by atoms with Crippen LogP contribution in [0.1, 0.15) is 46.0 Å². The molecule has 1 aliphatic carbocycles. The molecule has 1 saturated heterocycles. The minimum Gasteiger partial charge on any atom is -0.313 e. The summed E-state index contributed by atoms with van der Waals surface area (Å²) in [5.41, 5.74) is 0. The maximum absolute atomic E-state index is 3.66. The minimum atomic E-state index is 0.775. The van der Waals surface area contributed by atoms with Crippen molar-refractivity contribution in [2.45, 2.75) is 52.0 Å². The molecule has 1 N–H and O–H groups in total. The van der Waals surface area contributed by atoms with E-state index in [1.165, 1.54) is 58.3 Å². The van der Waals surface area contributed by atoms with Crippen molar-refractivity contribution in [3.8, 4) is 0 Å². The maximum Gasteiger partial charge on any atom is 0.0207 e. The summed E-state index contributed by atoms with van der Waals surface area (Å²) in [6.45, 7) is 9.87. The molecule has 1 saturated carbocycles. The summed E-state index contributed by atoms with van der Waals surface area (Å²) in [6.07, 6.45) is 7.04. The first-order valence-corrected chi connectivity index (χ1v) is 7.25. The molecule has 1 heterocycles. The number of hydrogen-bond acceptors (Lipinski definition) is 2. The number of nitrogens with one attached hydrogen (secondary N) is 1. The number of nitrogens with zero attached hydrogens (tertiary/aromatic N) is 1. The van der Waals surface area contributed by atoms with Crippen molar-refractivity contribution < 1.29 is 0 Å². The molecule has 0 aromatic heterocycles. The van der Waals surface area contributed by atoms with Gasteiger partial charge < -0.3 is 10.2 Å². The van der Waals surface area contributed by atoms with Crippen LogP contribution in [-0.2, 0) is 0 Å². The molecule has 0 aromatic carbocycles. The molecule has 3 unspecified atom stereocenters. The lowest BCUT2D eigenvalue weighted by Crippen LogP contribution is -2.35. The number of likely N-dealkylation sites (tertiary alicyclic amines) is 1. The smallest absolute Gasteiger partial charge is 0.0207 e. The summed E-state index contributed by atoms with van der Waals surface area (Å²) in [6, 6.07) is 0.775. The summed E-state index contributed by atoms with van der Waals surface area (Å²) in [7, 11) is 0. The van der Waals surface area contributed by atoms with Crippen LogP contribution in [0.25, 0.3) is 0 Å². The van der Waals surface area contributed by atoms with Crippen molar-refractivity contribution in [1.29, 1.82) is 0 Å². The molecule has 2 fully saturated rings. The largest absolute Gasteiger partial charge is 0.313 e. The van der Waals surface area contributed by atoms with Gasteiger partial charge in [0, 0.05) is 19.1 Å². The van der Waals surface area contributed by atoms with Gasteiger partial charge >= 0.3 is 0 Å². The van der Waals surface area contributed by atoms with E-state index in [-0.39, 0.29) is 0 Å². The van der Waals surface area contributed by atoms with Gasteiger partial charge in [0.05, 0.1) is 0 Å². The van der Waals surface area contributed by atoms with E-state index in [1.54, 1.807) is 0 Å². The van der Waals surface area contributed by atoms with Gasteiger partial charge in [-0.15, -0.1) is 0 Å². The van der Waals surface area contributed by atoms with E-state index < -0.39 is 0 Å². The fourth-order valence-electron chi connectivity index (χ4n) is 3.34. The standard InChI is InChI=1S/C14H28N2/c1-3-8-15-14-7-9-16(11-14)10-13-6-4-5-12(13)2/h12-15H,3-11H2,1-2H3. The van der Waals surface area contributed by atoms with Crippen LogP contribution in [0, 0.1) is 11.8 Å². The van der Waals surface area contributed by atoms with E-state index in [2.05, 4.69) is 24.1 Å². The van der Waals surface area contributed by atoms with Gasteiger partial charge in [-0.2, -0.15) is 0 Å². The fourth-order valence-corrected chi connectivity index (χ4v) is 3.34. The van der Waals surface area contributed by atoms with Crippen molar-refractivity contribution in [1.82, 2.24) is 10.2 Å². The van der Waals surface area contributed by atoms with Gasteiger partial charge in [0.1, 0.15) is 0 Å². The lowest BCUT2D eigenvalue weighted by Gasteiger charge is -2.23. The average Bonchev–Trinajstić information content (AvgIpc) is 2.87. The van der Waals surface area contributed by atoms with Crippen molar-refractivity contribution in [2.75, 3.05) is 26.2 Å². The second-order valence-electron chi connectivity index (χ2n) is 5.87. The molecule has 2 heteroatoms. The Balaban J connectivity index is 1.68. The third-order valence-corrected chi connectivity index (χ3v) is 4.49. The highest BCUT2D eigenvalue weighted by Crippen LogP contribution is 2.32. The highest BCUT2D eigenvalue weighted by Gasteiger charge is 2.28. The monoisotopic (exact) mass is 224 g/mol. The predicted molar refractivity (Wildman–Crippen MR) is 69.6 cm³/mol. The SMILES string of the molecule is CCCNC1CCN(CC2CCCC2C)C1. The van der Waals surface area contributed by atoms with Crippen LogP contribution in [0.5, 0.6) is 0 Å². The first kappa shape index (κ1) is 12.4. The first-order valence-electron chi connectivity index (χ1n) is 7.25. The summed E-state index contributed by atoms with van der Waals surface area (Å²) < 4.78 is 0. The fraction of sp³-hybridized carbons (Fsp3) is 1.00. The minimum absolute atomic E-state index is 0.775. The van der Waals surface area contributed by atoms with Gasteiger partial charge in [0.15, 0.2) is 0 Å². The Morgan fingerprint density at radius 1 is 1.25 bits per heavy atom.